The first-order chi connectivity index (χ1) is 20.5. The van der Waals surface area contributed by atoms with Crippen molar-refractivity contribution in [3.63, 3.8) is 0 Å². The molecule has 11 heteroatoms. The predicted molar refractivity (Wildman–Crippen MR) is 158 cm³/mol. The number of anilines is 1. The Morgan fingerprint density at radius 1 is 1.02 bits per heavy atom. The van der Waals surface area contributed by atoms with E-state index in [1.54, 1.807) is 18.2 Å². The molecule has 5 rings (SSSR count). The molecule has 1 aliphatic heterocycles. The molecule has 0 unspecified atom stereocenters. The van der Waals surface area contributed by atoms with E-state index in [2.05, 4.69) is 37.4 Å². The summed E-state index contributed by atoms with van der Waals surface area (Å²) in [7, 11) is 1.27. The first-order valence-electron chi connectivity index (χ1n) is 14.3. The van der Waals surface area contributed by atoms with Crippen LogP contribution in [0.5, 0.6) is 11.5 Å². The Kier molecular flexibility index (Phi) is 9.28. The highest BCUT2D eigenvalue weighted by Crippen LogP contribution is 2.35. The van der Waals surface area contributed by atoms with Crippen LogP contribution in [-0.2, 0) is 16.1 Å². The summed E-state index contributed by atoms with van der Waals surface area (Å²) >= 11 is 0. The summed E-state index contributed by atoms with van der Waals surface area (Å²) in [4.78, 5) is 31.0. The van der Waals surface area contributed by atoms with E-state index in [9.17, 15) is 9.59 Å². The second-order valence-corrected chi connectivity index (χ2v) is 10.0. The van der Waals surface area contributed by atoms with Crippen LogP contribution in [0.1, 0.15) is 42.6 Å². The van der Waals surface area contributed by atoms with Crippen LogP contribution in [-0.4, -0.2) is 72.3 Å². The first kappa shape index (κ1) is 29.0. The number of para-hydroxylation sites is 1. The monoisotopic (exact) mass is 575 g/mol. The van der Waals surface area contributed by atoms with Gasteiger partial charge in [-0.05, 0) is 68.7 Å². The van der Waals surface area contributed by atoms with Crippen LogP contribution in [0.4, 0.5) is 6.01 Å². The number of fused-ring (bicyclic) bond motifs is 1. The maximum Gasteiger partial charge on any atom is 0.325 e. The van der Waals surface area contributed by atoms with Gasteiger partial charge < -0.3 is 33.8 Å². The van der Waals surface area contributed by atoms with Gasteiger partial charge >= 0.3 is 5.97 Å². The minimum Gasteiger partial charge on any atom is -0.492 e. The molecular weight excluding hydrogens is 538 g/mol. The van der Waals surface area contributed by atoms with Crippen molar-refractivity contribution in [2.75, 3.05) is 45.3 Å². The number of nitrogens with one attached hydrogen (secondary N) is 2. The normalized spacial score (nSPS) is 14.1. The lowest BCUT2D eigenvalue weighted by atomic mass is 10.0. The Hall–Kier alpha value is -4.51. The van der Waals surface area contributed by atoms with Crippen molar-refractivity contribution in [1.82, 2.24) is 19.8 Å². The fourth-order valence-corrected chi connectivity index (χ4v) is 5.18. The Morgan fingerprint density at radius 2 is 1.71 bits per heavy atom. The molecule has 222 valence electrons. The number of piperidine rings is 1. The number of benzene rings is 2. The van der Waals surface area contributed by atoms with E-state index in [1.807, 2.05) is 42.9 Å². The number of hydrogen-bond acceptors (Lipinski definition) is 9. The van der Waals surface area contributed by atoms with E-state index in [-0.39, 0.29) is 12.6 Å². The number of methoxy groups -OCH3 is 1. The van der Waals surface area contributed by atoms with Crippen molar-refractivity contribution >= 4 is 29.0 Å². The van der Waals surface area contributed by atoms with Gasteiger partial charge in [-0.2, -0.15) is 4.98 Å². The van der Waals surface area contributed by atoms with Gasteiger partial charge in [-0.15, -0.1) is 0 Å². The Bertz CT molecular complexity index is 1480. The molecule has 42 heavy (non-hydrogen) atoms. The van der Waals surface area contributed by atoms with E-state index in [1.165, 1.54) is 7.11 Å². The number of likely N-dealkylation sites (tertiary alicyclic amines) is 1. The number of oxazole rings is 1. The molecule has 1 amide bonds. The number of hydrogen-bond donors (Lipinski definition) is 2. The molecule has 2 N–H and O–H groups in total. The van der Waals surface area contributed by atoms with Gasteiger partial charge in [0.15, 0.2) is 5.58 Å². The van der Waals surface area contributed by atoms with E-state index in [0.717, 1.165) is 55.2 Å². The van der Waals surface area contributed by atoms with E-state index in [0.29, 0.717) is 35.9 Å². The van der Waals surface area contributed by atoms with Gasteiger partial charge in [0.25, 0.3) is 11.9 Å². The maximum absolute atomic E-state index is 12.6. The van der Waals surface area contributed by atoms with Crippen molar-refractivity contribution in [2.45, 2.75) is 39.3 Å². The lowest BCUT2D eigenvalue weighted by Gasteiger charge is -2.32. The summed E-state index contributed by atoms with van der Waals surface area (Å²) in [6.45, 7) is 7.46. The number of rotatable bonds is 12. The summed E-state index contributed by atoms with van der Waals surface area (Å²) in [5.41, 5.74) is 3.33. The highest BCUT2D eigenvalue weighted by Gasteiger charge is 2.23. The Balaban J connectivity index is 1.22. The van der Waals surface area contributed by atoms with Crippen LogP contribution in [0.25, 0.3) is 16.8 Å². The molecule has 2 aromatic carbocycles. The SMILES string of the molecule is CCOc1cc(CN2CCC(Nc3nc4c(C(=O)NCC(=O)OC)cccc4o3)CC2)cc(OCC)c1-n1cccc1. The number of nitrogens with zero attached hydrogens (tertiary/aromatic N) is 3. The number of esters is 1. The third-order valence-electron chi connectivity index (χ3n) is 7.17. The Labute approximate surface area is 244 Å². The lowest BCUT2D eigenvalue weighted by Crippen LogP contribution is -2.38. The van der Waals surface area contributed by atoms with Crippen LogP contribution < -0.4 is 20.1 Å². The molecule has 4 aromatic rings. The van der Waals surface area contributed by atoms with Gasteiger partial charge in [0.2, 0.25) is 0 Å². The van der Waals surface area contributed by atoms with Crippen molar-refractivity contribution in [2.24, 2.45) is 0 Å². The third-order valence-corrected chi connectivity index (χ3v) is 7.17. The molecule has 0 bridgehead atoms. The fraction of sp³-hybridized carbons (Fsp3) is 0.387. The molecule has 2 aromatic heterocycles. The maximum atomic E-state index is 12.6. The van der Waals surface area contributed by atoms with E-state index >= 15 is 0 Å². The van der Waals surface area contributed by atoms with Gasteiger partial charge in [-0.3, -0.25) is 14.5 Å². The lowest BCUT2D eigenvalue weighted by molar-refractivity contribution is -0.139. The average Bonchev–Trinajstić information content (AvgIpc) is 3.67. The second-order valence-electron chi connectivity index (χ2n) is 10.0. The average molecular weight is 576 g/mol. The summed E-state index contributed by atoms with van der Waals surface area (Å²) in [5, 5.41) is 5.95. The standard InChI is InChI=1S/C31H37N5O6/c1-4-40-25-17-21(18-26(41-5-2)29(25)36-13-6-7-14-36)20-35-15-11-22(12-16-35)33-31-34-28-23(9-8-10-24(28)42-31)30(38)32-19-27(37)39-3/h6-10,13-14,17-18,22H,4-5,11-12,15-16,19-20H2,1-3H3,(H,32,38)(H,33,34). The smallest absolute Gasteiger partial charge is 0.325 e. The summed E-state index contributed by atoms with van der Waals surface area (Å²) in [6.07, 6.45) is 5.80. The first-order valence-corrected chi connectivity index (χ1v) is 14.3. The number of amides is 1. The number of ether oxygens (including phenoxy) is 3. The van der Waals surface area contributed by atoms with Gasteiger partial charge in [0, 0.05) is 38.1 Å². The highest BCUT2D eigenvalue weighted by molar-refractivity contribution is 6.05. The minimum absolute atomic E-state index is 0.181. The molecule has 3 heterocycles. The highest BCUT2D eigenvalue weighted by atomic mass is 16.5. The molecular formula is C31H37N5O6. The molecule has 0 atom stereocenters. The van der Waals surface area contributed by atoms with Gasteiger partial charge in [0.05, 0.1) is 25.9 Å². The third kappa shape index (κ3) is 6.68. The van der Waals surface area contributed by atoms with Crippen molar-refractivity contribution in [3.8, 4) is 17.2 Å². The molecule has 0 saturated carbocycles. The quantitative estimate of drug-likeness (QED) is 0.237. The summed E-state index contributed by atoms with van der Waals surface area (Å²) < 4.78 is 24.6. The molecule has 1 fully saturated rings. The van der Waals surface area contributed by atoms with Crippen LogP contribution in [0.3, 0.4) is 0 Å². The molecule has 0 spiro atoms. The molecule has 11 nitrogen and oxygen atoms in total. The number of carbonyl (C=O) groups is 2. The zero-order chi connectivity index (χ0) is 29.5. The van der Waals surface area contributed by atoms with Crippen LogP contribution in [0.2, 0.25) is 0 Å². The van der Waals surface area contributed by atoms with Crippen molar-refractivity contribution < 1.29 is 28.2 Å². The summed E-state index contributed by atoms with van der Waals surface area (Å²) in [6, 6.07) is 13.9. The number of carbonyl (C=O) groups excluding carboxylic acids is 2. The van der Waals surface area contributed by atoms with Crippen LogP contribution in [0, 0.1) is 0 Å². The Morgan fingerprint density at radius 3 is 2.36 bits per heavy atom. The van der Waals surface area contributed by atoms with Crippen molar-refractivity contribution in [1.29, 1.82) is 0 Å². The van der Waals surface area contributed by atoms with Crippen molar-refractivity contribution in [3.05, 3.63) is 66.0 Å². The zero-order valence-corrected chi connectivity index (χ0v) is 24.2. The summed E-state index contributed by atoms with van der Waals surface area (Å²) in [5.74, 6) is 0.671. The fourth-order valence-electron chi connectivity index (χ4n) is 5.18. The zero-order valence-electron chi connectivity index (χ0n) is 24.2. The van der Waals surface area contributed by atoms with Gasteiger partial charge in [-0.1, -0.05) is 6.07 Å². The van der Waals surface area contributed by atoms with Crippen LogP contribution in [0.15, 0.2) is 59.3 Å². The molecule has 1 saturated heterocycles. The molecule has 0 aliphatic carbocycles. The van der Waals surface area contributed by atoms with E-state index < -0.39 is 11.9 Å². The second kappa shape index (κ2) is 13.4. The van der Waals surface area contributed by atoms with Gasteiger partial charge in [-0.25, -0.2) is 0 Å². The molecule has 0 radical (unpaired) electrons. The van der Waals surface area contributed by atoms with Gasteiger partial charge in [0.1, 0.15) is 29.2 Å². The minimum atomic E-state index is -0.525. The molecule has 1 aliphatic rings. The number of aromatic nitrogens is 2. The topological polar surface area (TPSA) is 120 Å². The van der Waals surface area contributed by atoms with Crippen LogP contribution >= 0.6 is 0 Å². The largest absolute Gasteiger partial charge is 0.492 e. The predicted octanol–water partition coefficient (Wildman–Crippen LogP) is 4.40. The van der Waals surface area contributed by atoms with E-state index in [4.69, 9.17) is 13.9 Å².